The van der Waals surface area contributed by atoms with Crippen LogP contribution in [0.5, 0.6) is 0 Å². The lowest BCUT2D eigenvalue weighted by Gasteiger charge is -2.11. The Kier molecular flexibility index (Phi) is 5.29. The molecule has 2 N–H and O–H groups in total. The van der Waals surface area contributed by atoms with Crippen LogP contribution in [-0.4, -0.2) is 11.8 Å². The summed E-state index contributed by atoms with van der Waals surface area (Å²) in [5.74, 6) is -0.179. The van der Waals surface area contributed by atoms with Crippen molar-refractivity contribution in [3.63, 3.8) is 0 Å². The molecule has 22 heavy (non-hydrogen) atoms. The first-order chi connectivity index (χ1) is 10.4. The fraction of sp³-hybridized carbons (Fsp3) is 0.0667. The number of ketones is 1. The van der Waals surface area contributed by atoms with Gasteiger partial charge in [-0.05, 0) is 43.3 Å². The number of benzene rings is 2. The Morgan fingerprint density at radius 3 is 2.27 bits per heavy atom. The highest BCUT2D eigenvalue weighted by molar-refractivity contribution is 6.42. The third kappa shape index (κ3) is 4.13. The standard InChI is InChI=1S/C15H11Cl3N2O2/c1-8(21)11-4-2-9(16)6-14(11)20-15(22)19-10-3-5-12(17)13(18)7-10/h2-7H,1H3,(H2,19,20,22). The molecule has 0 aliphatic rings. The minimum absolute atomic E-state index is 0.179. The van der Waals surface area contributed by atoms with E-state index in [4.69, 9.17) is 34.8 Å². The van der Waals surface area contributed by atoms with E-state index in [0.717, 1.165) is 0 Å². The highest BCUT2D eigenvalue weighted by Gasteiger charge is 2.11. The maximum atomic E-state index is 12.0. The van der Waals surface area contributed by atoms with E-state index in [1.165, 1.54) is 19.1 Å². The lowest BCUT2D eigenvalue weighted by molar-refractivity contribution is 0.101. The fourth-order valence-electron chi connectivity index (χ4n) is 1.79. The molecule has 2 amide bonds. The van der Waals surface area contributed by atoms with Gasteiger partial charge in [0.15, 0.2) is 5.78 Å². The molecule has 2 rings (SSSR count). The number of hydrogen-bond donors (Lipinski definition) is 2. The Balaban J connectivity index is 2.16. The zero-order valence-electron chi connectivity index (χ0n) is 11.4. The number of rotatable bonds is 3. The first-order valence-electron chi connectivity index (χ1n) is 6.20. The molecule has 114 valence electrons. The van der Waals surface area contributed by atoms with Crippen LogP contribution in [0.4, 0.5) is 16.2 Å². The Bertz CT molecular complexity index is 748. The van der Waals surface area contributed by atoms with Crippen LogP contribution in [0.1, 0.15) is 17.3 Å². The summed E-state index contributed by atoms with van der Waals surface area (Å²) in [7, 11) is 0. The average molecular weight is 358 g/mol. The number of amides is 2. The monoisotopic (exact) mass is 356 g/mol. The predicted octanol–water partition coefficient (Wildman–Crippen LogP) is 5.49. The Labute approximate surface area is 142 Å². The molecule has 0 aliphatic heterocycles. The Hall–Kier alpha value is -1.75. The molecule has 0 saturated carbocycles. The predicted molar refractivity (Wildman–Crippen MR) is 90.6 cm³/mol. The fourth-order valence-corrected chi connectivity index (χ4v) is 2.26. The summed E-state index contributed by atoms with van der Waals surface area (Å²) >= 11 is 17.6. The number of urea groups is 1. The lowest BCUT2D eigenvalue weighted by Crippen LogP contribution is -2.20. The number of Topliss-reactive ketones (excluding diaryl/α,β-unsaturated/α-hetero) is 1. The second kappa shape index (κ2) is 7.01. The van der Waals surface area contributed by atoms with Crippen LogP contribution >= 0.6 is 34.8 Å². The summed E-state index contributed by atoms with van der Waals surface area (Å²) in [6, 6.07) is 8.82. The van der Waals surface area contributed by atoms with Crippen molar-refractivity contribution in [2.75, 3.05) is 10.6 Å². The molecule has 2 aromatic carbocycles. The average Bonchev–Trinajstić information content (AvgIpc) is 2.42. The molecular formula is C15H11Cl3N2O2. The van der Waals surface area contributed by atoms with E-state index in [9.17, 15) is 9.59 Å². The molecule has 4 nitrogen and oxygen atoms in total. The topological polar surface area (TPSA) is 58.2 Å². The molecule has 7 heteroatoms. The van der Waals surface area contributed by atoms with Gasteiger partial charge in [-0.1, -0.05) is 34.8 Å². The summed E-state index contributed by atoms with van der Waals surface area (Å²) in [6.45, 7) is 1.41. The van der Waals surface area contributed by atoms with E-state index in [0.29, 0.717) is 32.0 Å². The zero-order chi connectivity index (χ0) is 16.3. The molecule has 0 heterocycles. The molecule has 0 aliphatic carbocycles. The third-order valence-corrected chi connectivity index (χ3v) is 3.76. The quantitative estimate of drug-likeness (QED) is 0.713. The summed E-state index contributed by atoms with van der Waals surface area (Å²) in [5, 5.41) is 6.31. The van der Waals surface area contributed by atoms with Crippen LogP contribution in [-0.2, 0) is 0 Å². The van der Waals surface area contributed by atoms with Gasteiger partial charge in [-0.2, -0.15) is 0 Å². The summed E-state index contributed by atoms with van der Waals surface area (Å²) < 4.78 is 0. The van der Waals surface area contributed by atoms with Crippen molar-refractivity contribution >= 4 is 58.0 Å². The van der Waals surface area contributed by atoms with Gasteiger partial charge in [0.25, 0.3) is 0 Å². The van der Waals surface area contributed by atoms with E-state index in [1.807, 2.05) is 0 Å². The van der Waals surface area contributed by atoms with Crippen molar-refractivity contribution in [1.29, 1.82) is 0 Å². The van der Waals surface area contributed by atoms with E-state index < -0.39 is 6.03 Å². The van der Waals surface area contributed by atoms with Gasteiger partial charge in [0.2, 0.25) is 0 Å². The van der Waals surface area contributed by atoms with Gasteiger partial charge in [-0.3, -0.25) is 4.79 Å². The highest BCUT2D eigenvalue weighted by Crippen LogP contribution is 2.26. The van der Waals surface area contributed by atoms with Crippen LogP contribution in [0.15, 0.2) is 36.4 Å². The molecule has 0 saturated heterocycles. The third-order valence-electron chi connectivity index (χ3n) is 2.79. The second-order valence-electron chi connectivity index (χ2n) is 4.45. The number of halogens is 3. The number of carbonyl (C=O) groups is 2. The normalized spacial score (nSPS) is 10.2. The molecule has 0 unspecified atom stereocenters. The van der Waals surface area contributed by atoms with Crippen LogP contribution in [0.3, 0.4) is 0 Å². The van der Waals surface area contributed by atoms with Crippen molar-refractivity contribution < 1.29 is 9.59 Å². The van der Waals surface area contributed by atoms with Gasteiger partial charge >= 0.3 is 6.03 Å². The van der Waals surface area contributed by atoms with Gasteiger partial charge < -0.3 is 10.6 Å². The maximum Gasteiger partial charge on any atom is 0.323 e. The van der Waals surface area contributed by atoms with Gasteiger partial charge in [0, 0.05) is 16.3 Å². The van der Waals surface area contributed by atoms with Crippen molar-refractivity contribution in [3.05, 3.63) is 57.0 Å². The van der Waals surface area contributed by atoms with Crippen molar-refractivity contribution in [1.82, 2.24) is 0 Å². The van der Waals surface area contributed by atoms with Crippen LogP contribution < -0.4 is 10.6 Å². The summed E-state index contributed by atoms with van der Waals surface area (Å²) in [6.07, 6.45) is 0. The molecule has 0 atom stereocenters. The largest absolute Gasteiger partial charge is 0.323 e. The smallest absolute Gasteiger partial charge is 0.308 e. The SMILES string of the molecule is CC(=O)c1ccc(Cl)cc1NC(=O)Nc1ccc(Cl)c(Cl)c1. The lowest BCUT2D eigenvalue weighted by atomic mass is 10.1. The first kappa shape index (κ1) is 16.6. The van der Waals surface area contributed by atoms with E-state index in [-0.39, 0.29) is 5.78 Å². The number of anilines is 2. The molecule has 0 spiro atoms. The zero-order valence-corrected chi connectivity index (χ0v) is 13.7. The molecule has 0 bridgehead atoms. The van der Waals surface area contributed by atoms with Gasteiger partial charge in [-0.15, -0.1) is 0 Å². The van der Waals surface area contributed by atoms with Gasteiger partial charge in [-0.25, -0.2) is 4.79 Å². The van der Waals surface area contributed by atoms with E-state index in [2.05, 4.69) is 10.6 Å². The van der Waals surface area contributed by atoms with Crippen LogP contribution in [0.2, 0.25) is 15.1 Å². The maximum absolute atomic E-state index is 12.0. The van der Waals surface area contributed by atoms with E-state index >= 15 is 0 Å². The molecular weight excluding hydrogens is 347 g/mol. The highest BCUT2D eigenvalue weighted by atomic mass is 35.5. The Morgan fingerprint density at radius 1 is 0.909 bits per heavy atom. The van der Waals surface area contributed by atoms with Crippen LogP contribution in [0.25, 0.3) is 0 Å². The molecule has 0 fully saturated rings. The van der Waals surface area contributed by atoms with Crippen LogP contribution in [0, 0.1) is 0 Å². The van der Waals surface area contributed by atoms with Crippen molar-refractivity contribution in [2.24, 2.45) is 0 Å². The summed E-state index contributed by atoms with van der Waals surface area (Å²) in [5.41, 5.74) is 1.17. The first-order valence-corrected chi connectivity index (χ1v) is 7.34. The van der Waals surface area contributed by atoms with Gasteiger partial charge in [0.05, 0.1) is 15.7 Å². The number of hydrogen-bond acceptors (Lipinski definition) is 2. The number of carbonyl (C=O) groups excluding carboxylic acids is 2. The minimum Gasteiger partial charge on any atom is -0.308 e. The molecule has 0 radical (unpaired) electrons. The van der Waals surface area contributed by atoms with E-state index in [1.54, 1.807) is 24.3 Å². The molecule has 2 aromatic rings. The van der Waals surface area contributed by atoms with Crippen molar-refractivity contribution in [3.8, 4) is 0 Å². The Morgan fingerprint density at radius 2 is 1.64 bits per heavy atom. The minimum atomic E-state index is -0.525. The second-order valence-corrected chi connectivity index (χ2v) is 5.70. The molecule has 0 aromatic heterocycles. The summed E-state index contributed by atoms with van der Waals surface area (Å²) in [4.78, 5) is 23.6. The number of nitrogens with one attached hydrogen (secondary N) is 2. The van der Waals surface area contributed by atoms with Crippen molar-refractivity contribution in [2.45, 2.75) is 6.92 Å². The van der Waals surface area contributed by atoms with Gasteiger partial charge in [0.1, 0.15) is 0 Å².